The molecule has 122 valence electrons. The van der Waals surface area contributed by atoms with Gasteiger partial charge in [0, 0.05) is 5.69 Å². The van der Waals surface area contributed by atoms with Crippen LogP contribution in [0, 0.1) is 0 Å². The van der Waals surface area contributed by atoms with Crippen LogP contribution in [0.2, 0.25) is 4.34 Å². The first-order chi connectivity index (χ1) is 10.9. The van der Waals surface area contributed by atoms with Crippen molar-refractivity contribution in [3.05, 3.63) is 45.6 Å². The third kappa shape index (κ3) is 5.50. The van der Waals surface area contributed by atoms with Crippen molar-refractivity contribution < 1.29 is 27.8 Å². The summed E-state index contributed by atoms with van der Waals surface area (Å²) in [6.45, 7) is -3.40. The van der Waals surface area contributed by atoms with Crippen LogP contribution in [0.5, 0.6) is 5.75 Å². The van der Waals surface area contributed by atoms with Crippen molar-refractivity contribution in [2.24, 2.45) is 0 Å². The Hall–Kier alpha value is -2.19. The first kappa shape index (κ1) is 17.2. The molecule has 1 aromatic carbocycles. The normalized spacial score (nSPS) is 10.4. The van der Waals surface area contributed by atoms with Crippen LogP contribution in [0.4, 0.5) is 14.5 Å². The molecule has 1 N–H and O–H groups in total. The largest absolute Gasteiger partial charge is 0.451 e. The zero-order valence-corrected chi connectivity index (χ0v) is 13.0. The minimum absolute atomic E-state index is 0.0287. The lowest BCUT2D eigenvalue weighted by Crippen LogP contribution is -2.20. The average Bonchev–Trinajstić information content (AvgIpc) is 2.93. The predicted molar refractivity (Wildman–Crippen MR) is 81.3 cm³/mol. The van der Waals surface area contributed by atoms with Gasteiger partial charge in [-0.1, -0.05) is 11.6 Å². The van der Waals surface area contributed by atoms with Crippen LogP contribution in [0.3, 0.4) is 0 Å². The number of carbonyl (C=O) groups is 2. The standard InChI is InChI=1S/C14H10ClF2NO4S/c15-11-6-5-10(23-11)13(20)21-7-12(19)18-8-1-3-9(4-2-8)22-14(16)17/h1-6,14H,7H2,(H,18,19). The molecule has 23 heavy (non-hydrogen) atoms. The Bertz CT molecular complexity index is 690. The Kier molecular flexibility index (Phi) is 5.89. The van der Waals surface area contributed by atoms with Crippen molar-refractivity contribution in [1.82, 2.24) is 0 Å². The lowest BCUT2D eigenvalue weighted by atomic mass is 10.3. The number of benzene rings is 1. The van der Waals surface area contributed by atoms with E-state index in [2.05, 4.69) is 10.1 Å². The molecule has 0 aliphatic heterocycles. The third-order valence-corrected chi connectivity index (χ3v) is 3.68. The van der Waals surface area contributed by atoms with E-state index in [1.807, 2.05) is 0 Å². The molecule has 2 rings (SSSR count). The van der Waals surface area contributed by atoms with Gasteiger partial charge in [-0.2, -0.15) is 8.78 Å². The number of carbonyl (C=O) groups excluding carboxylic acids is 2. The Morgan fingerprint density at radius 3 is 2.43 bits per heavy atom. The maximum Gasteiger partial charge on any atom is 0.387 e. The van der Waals surface area contributed by atoms with Gasteiger partial charge in [0.15, 0.2) is 6.61 Å². The van der Waals surface area contributed by atoms with Crippen LogP contribution in [-0.2, 0) is 9.53 Å². The van der Waals surface area contributed by atoms with Crippen LogP contribution in [0.1, 0.15) is 9.67 Å². The van der Waals surface area contributed by atoms with E-state index < -0.39 is 25.1 Å². The number of alkyl halides is 2. The number of rotatable bonds is 6. The number of thiophene rings is 1. The van der Waals surface area contributed by atoms with Crippen molar-refractivity contribution in [1.29, 1.82) is 0 Å². The van der Waals surface area contributed by atoms with Gasteiger partial charge in [0.25, 0.3) is 5.91 Å². The lowest BCUT2D eigenvalue weighted by molar-refractivity contribution is -0.119. The molecule has 1 heterocycles. The Morgan fingerprint density at radius 2 is 1.87 bits per heavy atom. The minimum atomic E-state index is -2.92. The summed E-state index contributed by atoms with van der Waals surface area (Å²) in [6.07, 6.45) is 0. The lowest BCUT2D eigenvalue weighted by Gasteiger charge is -2.07. The van der Waals surface area contributed by atoms with Crippen LogP contribution in [0.15, 0.2) is 36.4 Å². The number of esters is 1. The number of halogens is 3. The molecule has 0 bridgehead atoms. The van der Waals surface area contributed by atoms with Crippen LogP contribution in [0.25, 0.3) is 0 Å². The van der Waals surface area contributed by atoms with Crippen LogP contribution in [-0.4, -0.2) is 25.1 Å². The predicted octanol–water partition coefficient (Wildman–Crippen LogP) is 3.80. The number of hydrogen-bond acceptors (Lipinski definition) is 5. The van der Waals surface area contributed by atoms with E-state index in [9.17, 15) is 18.4 Å². The van der Waals surface area contributed by atoms with Gasteiger partial charge in [-0.05, 0) is 36.4 Å². The van der Waals surface area contributed by atoms with Crippen molar-refractivity contribution in [3.8, 4) is 5.75 Å². The SMILES string of the molecule is O=C(COC(=O)c1ccc(Cl)s1)Nc1ccc(OC(F)F)cc1. The van der Waals surface area contributed by atoms with Crippen molar-refractivity contribution >= 4 is 40.5 Å². The highest BCUT2D eigenvalue weighted by molar-refractivity contribution is 7.17. The van der Waals surface area contributed by atoms with Gasteiger partial charge >= 0.3 is 12.6 Å². The molecule has 0 atom stereocenters. The van der Waals surface area contributed by atoms with Crippen LogP contribution < -0.4 is 10.1 Å². The monoisotopic (exact) mass is 361 g/mol. The Balaban J connectivity index is 1.81. The first-order valence-corrected chi connectivity index (χ1v) is 7.40. The molecular formula is C14H10ClF2NO4S. The van der Waals surface area contributed by atoms with Gasteiger partial charge in [-0.15, -0.1) is 11.3 Å². The summed E-state index contributed by atoms with van der Waals surface area (Å²) >= 11 is 6.73. The van der Waals surface area contributed by atoms with Crippen molar-refractivity contribution in [2.45, 2.75) is 6.61 Å². The van der Waals surface area contributed by atoms with Gasteiger partial charge in [0.2, 0.25) is 0 Å². The molecule has 5 nitrogen and oxygen atoms in total. The summed E-state index contributed by atoms with van der Waals surface area (Å²) in [5.74, 6) is -1.25. The van der Waals surface area contributed by atoms with E-state index in [4.69, 9.17) is 16.3 Å². The second-order valence-electron chi connectivity index (χ2n) is 4.13. The van der Waals surface area contributed by atoms with Gasteiger partial charge in [0.1, 0.15) is 10.6 Å². The van der Waals surface area contributed by atoms with E-state index in [0.29, 0.717) is 10.0 Å². The number of hydrogen-bond donors (Lipinski definition) is 1. The zero-order valence-electron chi connectivity index (χ0n) is 11.4. The molecule has 0 spiro atoms. The summed E-state index contributed by atoms with van der Waals surface area (Å²) < 4.78 is 33.4. The van der Waals surface area contributed by atoms with Gasteiger partial charge in [0.05, 0.1) is 4.34 Å². The molecule has 1 amide bonds. The second-order valence-corrected chi connectivity index (χ2v) is 5.85. The molecule has 0 radical (unpaired) electrons. The minimum Gasteiger partial charge on any atom is -0.451 e. The van der Waals surface area contributed by atoms with E-state index in [1.54, 1.807) is 6.07 Å². The van der Waals surface area contributed by atoms with E-state index >= 15 is 0 Å². The summed E-state index contributed by atoms with van der Waals surface area (Å²) in [7, 11) is 0. The molecule has 0 unspecified atom stereocenters. The molecular weight excluding hydrogens is 352 g/mol. The van der Waals surface area contributed by atoms with Gasteiger partial charge < -0.3 is 14.8 Å². The van der Waals surface area contributed by atoms with E-state index in [0.717, 1.165) is 11.3 Å². The first-order valence-electron chi connectivity index (χ1n) is 6.21. The molecule has 0 fully saturated rings. The number of anilines is 1. The average molecular weight is 362 g/mol. The Labute approximate surface area is 138 Å². The fourth-order valence-corrected chi connectivity index (χ4v) is 2.48. The third-order valence-electron chi connectivity index (χ3n) is 2.47. The Morgan fingerprint density at radius 1 is 1.17 bits per heavy atom. The number of nitrogens with one attached hydrogen (secondary N) is 1. The molecule has 0 aliphatic carbocycles. The topological polar surface area (TPSA) is 64.6 Å². The summed E-state index contributed by atoms with van der Waals surface area (Å²) in [5.41, 5.74) is 0.354. The molecule has 0 aliphatic rings. The van der Waals surface area contributed by atoms with Gasteiger partial charge in [-0.3, -0.25) is 4.79 Å². The molecule has 2 aromatic rings. The number of amides is 1. The molecule has 9 heteroatoms. The fourth-order valence-electron chi connectivity index (χ4n) is 1.54. The zero-order chi connectivity index (χ0) is 16.8. The summed E-state index contributed by atoms with van der Waals surface area (Å²) in [6, 6.07) is 8.37. The van der Waals surface area contributed by atoms with Crippen molar-refractivity contribution in [3.63, 3.8) is 0 Å². The van der Waals surface area contributed by atoms with Crippen molar-refractivity contribution in [2.75, 3.05) is 11.9 Å². The van der Waals surface area contributed by atoms with Crippen LogP contribution >= 0.6 is 22.9 Å². The maximum atomic E-state index is 12.0. The smallest absolute Gasteiger partial charge is 0.387 e. The number of ether oxygens (including phenoxy) is 2. The quantitative estimate of drug-likeness (QED) is 0.795. The van der Waals surface area contributed by atoms with E-state index in [-0.39, 0.29) is 10.6 Å². The van der Waals surface area contributed by atoms with Gasteiger partial charge in [-0.25, -0.2) is 4.79 Å². The molecule has 0 saturated heterocycles. The summed E-state index contributed by atoms with van der Waals surface area (Å²) in [4.78, 5) is 23.6. The molecule has 1 aromatic heterocycles. The second kappa shape index (κ2) is 7.89. The highest BCUT2D eigenvalue weighted by Gasteiger charge is 2.12. The highest BCUT2D eigenvalue weighted by Crippen LogP contribution is 2.22. The maximum absolute atomic E-state index is 12.0. The highest BCUT2D eigenvalue weighted by atomic mass is 35.5. The summed E-state index contributed by atoms with van der Waals surface area (Å²) in [5, 5.41) is 2.45. The fraction of sp³-hybridized carbons (Fsp3) is 0.143. The molecule has 0 saturated carbocycles. The van der Waals surface area contributed by atoms with E-state index in [1.165, 1.54) is 30.3 Å².